The Balaban J connectivity index is 2.24. The Morgan fingerprint density at radius 3 is 2.93 bits per heavy atom. The Kier molecular flexibility index (Phi) is 5.12. The van der Waals surface area contributed by atoms with Crippen LogP contribution >= 0.6 is 11.6 Å². The standard InChI is InChI=1S/C11H14ClNO/c1-2-8-14-9-7-13-11-6-4-3-5-10(11)12/h2-6,13H,1,7-9H2. The second-order valence-corrected chi connectivity index (χ2v) is 3.18. The highest BCUT2D eigenvalue weighted by molar-refractivity contribution is 6.33. The van der Waals surface area contributed by atoms with E-state index >= 15 is 0 Å². The van der Waals surface area contributed by atoms with Crippen LogP contribution in [0.3, 0.4) is 0 Å². The van der Waals surface area contributed by atoms with Gasteiger partial charge < -0.3 is 10.1 Å². The first-order chi connectivity index (χ1) is 6.84. The van der Waals surface area contributed by atoms with Gasteiger partial charge in [0.2, 0.25) is 0 Å². The Bertz CT molecular complexity index is 288. The first kappa shape index (κ1) is 11.1. The summed E-state index contributed by atoms with van der Waals surface area (Å²) in [6, 6.07) is 7.64. The van der Waals surface area contributed by atoms with Crippen molar-refractivity contribution in [3.05, 3.63) is 41.9 Å². The van der Waals surface area contributed by atoms with Gasteiger partial charge in [0.05, 0.1) is 23.9 Å². The van der Waals surface area contributed by atoms with E-state index < -0.39 is 0 Å². The van der Waals surface area contributed by atoms with Crippen molar-refractivity contribution >= 4 is 17.3 Å². The molecule has 1 rings (SSSR count). The van der Waals surface area contributed by atoms with E-state index in [1.165, 1.54) is 0 Å². The molecule has 0 heterocycles. The summed E-state index contributed by atoms with van der Waals surface area (Å²) < 4.78 is 5.22. The molecule has 0 unspecified atom stereocenters. The lowest BCUT2D eigenvalue weighted by molar-refractivity contribution is 0.173. The predicted molar refractivity (Wildman–Crippen MR) is 61.0 cm³/mol. The van der Waals surface area contributed by atoms with Crippen molar-refractivity contribution in [2.45, 2.75) is 0 Å². The summed E-state index contributed by atoms with van der Waals surface area (Å²) in [5.41, 5.74) is 0.941. The number of ether oxygens (including phenoxy) is 1. The summed E-state index contributed by atoms with van der Waals surface area (Å²) in [6.45, 7) is 5.55. The lowest BCUT2D eigenvalue weighted by Crippen LogP contribution is -2.09. The molecule has 2 nitrogen and oxygen atoms in total. The van der Waals surface area contributed by atoms with Crippen molar-refractivity contribution < 1.29 is 4.74 Å². The molecule has 1 N–H and O–H groups in total. The minimum Gasteiger partial charge on any atom is -0.382 e. The van der Waals surface area contributed by atoms with E-state index in [1.54, 1.807) is 6.08 Å². The molecule has 76 valence electrons. The van der Waals surface area contributed by atoms with E-state index in [0.29, 0.717) is 13.2 Å². The molecule has 1 aromatic carbocycles. The number of nitrogens with one attached hydrogen (secondary N) is 1. The third-order valence-corrected chi connectivity index (χ3v) is 2.00. The number of para-hydroxylation sites is 1. The van der Waals surface area contributed by atoms with E-state index in [1.807, 2.05) is 24.3 Å². The Hall–Kier alpha value is -0.990. The van der Waals surface area contributed by atoms with Gasteiger partial charge in [-0.2, -0.15) is 0 Å². The fraction of sp³-hybridized carbons (Fsp3) is 0.273. The largest absolute Gasteiger partial charge is 0.382 e. The lowest BCUT2D eigenvalue weighted by atomic mass is 10.3. The maximum Gasteiger partial charge on any atom is 0.0645 e. The average molecular weight is 212 g/mol. The van der Waals surface area contributed by atoms with E-state index in [0.717, 1.165) is 17.3 Å². The SMILES string of the molecule is C=CCOCCNc1ccccc1Cl. The first-order valence-corrected chi connectivity index (χ1v) is 4.89. The van der Waals surface area contributed by atoms with Crippen LogP contribution in [0, 0.1) is 0 Å². The molecule has 0 saturated carbocycles. The molecular formula is C11H14ClNO. The van der Waals surface area contributed by atoms with Crippen LogP contribution in [0.1, 0.15) is 0 Å². The highest BCUT2D eigenvalue weighted by atomic mass is 35.5. The summed E-state index contributed by atoms with van der Waals surface area (Å²) in [4.78, 5) is 0. The van der Waals surface area contributed by atoms with E-state index in [9.17, 15) is 0 Å². The van der Waals surface area contributed by atoms with Crippen LogP contribution in [0.4, 0.5) is 5.69 Å². The van der Waals surface area contributed by atoms with Gasteiger partial charge in [0.1, 0.15) is 0 Å². The number of anilines is 1. The third-order valence-electron chi connectivity index (χ3n) is 1.67. The van der Waals surface area contributed by atoms with Crippen molar-refractivity contribution in [3.63, 3.8) is 0 Å². The van der Waals surface area contributed by atoms with Crippen molar-refractivity contribution in [2.75, 3.05) is 25.1 Å². The van der Waals surface area contributed by atoms with Crippen LogP contribution in [0.2, 0.25) is 5.02 Å². The van der Waals surface area contributed by atoms with Gasteiger partial charge in [0, 0.05) is 6.54 Å². The maximum atomic E-state index is 5.94. The van der Waals surface area contributed by atoms with Crippen LogP contribution in [0.25, 0.3) is 0 Å². The molecule has 0 radical (unpaired) electrons. The van der Waals surface area contributed by atoms with Crippen LogP contribution in [0.15, 0.2) is 36.9 Å². The monoisotopic (exact) mass is 211 g/mol. The molecule has 0 aromatic heterocycles. The molecule has 0 bridgehead atoms. The summed E-state index contributed by atoms with van der Waals surface area (Å²) in [6.07, 6.45) is 1.73. The molecule has 0 spiro atoms. The van der Waals surface area contributed by atoms with Crippen LogP contribution in [-0.2, 0) is 4.74 Å². The van der Waals surface area contributed by atoms with Gasteiger partial charge in [-0.25, -0.2) is 0 Å². The summed E-state index contributed by atoms with van der Waals surface area (Å²) >= 11 is 5.94. The van der Waals surface area contributed by atoms with Crippen LogP contribution in [-0.4, -0.2) is 19.8 Å². The molecule has 1 aromatic rings. The van der Waals surface area contributed by atoms with Gasteiger partial charge in [-0.1, -0.05) is 29.8 Å². The first-order valence-electron chi connectivity index (χ1n) is 4.51. The van der Waals surface area contributed by atoms with Gasteiger partial charge in [-0.15, -0.1) is 6.58 Å². The van der Waals surface area contributed by atoms with E-state index in [2.05, 4.69) is 11.9 Å². The van der Waals surface area contributed by atoms with E-state index in [4.69, 9.17) is 16.3 Å². The average Bonchev–Trinajstić information content (AvgIpc) is 2.20. The summed E-state index contributed by atoms with van der Waals surface area (Å²) in [7, 11) is 0. The van der Waals surface area contributed by atoms with Gasteiger partial charge in [0.25, 0.3) is 0 Å². The second-order valence-electron chi connectivity index (χ2n) is 2.77. The maximum absolute atomic E-state index is 5.94. The quantitative estimate of drug-likeness (QED) is 0.577. The topological polar surface area (TPSA) is 21.3 Å². The fourth-order valence-electron chi connectivity index (χ4n) is 1.03. The van der Waals surface area contributed by atoms with Crippen molar-refractivity contribution in [1.29, 1.82) is 0 Å². The van der Waals surface area contributed by atoms with Gasteiger partial charge in [0.15, 0.2) is 0 Å². The van der Waals surface area contributed by atoms with Gasteiger partial charge in [-0.05, 0) is 12.1 Å². The molecule has 14 heavy (non-hydrogen) atoms. The zero-order valence-electron chi connectivity index (χ0n) is 8.00. The zero-order chi connectivity index (χ0) is 10.2. The Morgan fingerprint density at radius 1 is 1.43 bits per heavy atom. The highest BCUT2D eigenvalue weighted by Crippen LogP contribution is 2.19. The molecular weight excluding hydrogens is 198 g/mol. The lowest BCUT2D eigenvalue weighted by Gasteiger charge is -2.07. The Labute approximate surface area is 89.5 Å². The van der Waals surface area contributed by atoms with Gasteiger partial charge in [-0.3, -0.25) is 0 Å². The fourth-order valence-corrected chi connectivity index (χ4v) is 1.23. The van der Waals surface area contributed by atoms with Crippen molar-refractivity contribution in [1.82, 2.24) is 0 Å². The summed E-state index contributed by atoms with van der Waals surface area (Å²) in [5.74, 6) is 0. The molecule has 3 heteroatoms. The second kappa shape index (κ2) is 6.46. The number of hydrogen-bond donors (Lipinski definition) is 1. The minimum absolute atomic E-state index is 0.588. The van der Waals surface area contributed by atoms with Crippen LogP contribution < -0.4 is 5.32 Å². The van der Waals surface area contributed by atoms with Crippen LogP contribution in [0.5, 0.6) is 0 Å². The zero-order valence-corrected chi connectivity index (χ0v) is 8.76. The molecule has 0 aliphatic heterocycles. The molecule has 0 fully saturated rings. The third kappa shape index (κ3) is 3.81. The minimum atomic E-state index is 0.588. The molecule has 0 aliphatic carbocycles. The number of halogens is 1. The molecule has 0 amide bonds. The smallest absolute Gasteiger partial charge is 0.0645 e. The predicted octanol–water partition coefficient (Wildman–Crippen LogP) is 2.95. The van der Waals surface area contributed by atoms with E-state index in [-0.39, 0.29) is 0 Å². The number of hydrogen-bond acceptors (Lipinski definition) is 2. The molecule has 0 saturated heterocycles. The molecule has 0 aliphatic rings. The summed E-state index contributed by atoms with van der Waals surface area (Å²) in [5, 5.41) is 3.91. The van der Waals surface area contributed by atoms with Crippen molar-refractivity contribution in [3.8, 4) is 0 Å². The Morgan fingerprint density at radius 2 is 2.21 bits per heavy atom. The highest BCUT2D eigenvalue weighted by Gasteiger charge is 1.95. The van der Waals surface area contributed by atoms with Crippen molar-refractivity contribution in [2.24, 2.45) is 0 Å². The number of benzene rings is 1. The van der Waals surface area contributed by atoms with Gasteiger partial charge >= 0.3 is 0 Å². The normalized spacial score (nSPS) is 9.79. The number of rotatable bonds is 6. The molecule has 0 atom stereocenters.